The summed E-state index contributed by atoms with van der Waals surface area (Å²) in [7, 11) is 0. The maximum atomic E-state index is 5.04. The van der Waals surface area contributed by atoms with Gasteiger partial charge in [0, 0.05) is 0 Å². The molecule has 9 heavy (non-hydrogen) atoms. The van der Waals surface area contributed by atoms with Gasteiger partial charge in [-0.05, 0) is 6.92 Å². The molecule has 0 aromatic heterocycles. The Hall–Kier alpha value is 1.74. The molecule has 0 heterocycles. The van der Waals surface area contributed by atoms with Crippen LogP contribution in [0.1, 0.15) is 6.92 Å². The Morgan fingerprint density at radius 2 is 1.00 bits per heavy atom. The first-order chi connectivity index (χ1) is 3.73. The van der Waals surface area contributed by atoms with Crippen LogP contribution in [-0.2, 0) is 0 Å². The maximum Gasteiger partial charge on any atom is 0.266 e. The number of hydrogen-bond acceptors (Lipinski definition) is 0. The largest absolute Gasteiger partial charge is 0.266 e. The van der Waals surface area contributed by atoms with Gasteiger partial charge >= 0.3 is 0 Å². The summed E-state index contributed by atoms with van der Waals surface area (Å²) in [6.07, 6.45) is 0. The van der Waals surface area contributed by atoms with E-state index < -0.39 is 3.25 Å². The summed E-state index contributed by atoms with van der Waals surface area (Å²) in [5, 5.41) is 0. The minimum Gasteiger partial charge on any atom is -0.106 e. The lowest BCUT2D eigenvalue weighted by atomic mass is 11.0. The lowest BCUT2D eigenvalue weighted by Gasteiger charge is -1.91. The van der Waals surface area contributed by atoms with Gasteiger partial charge in [0.15, 0.2) is 0 Å². The van der Waals surface area contributed by atoms with Gasteiger partial charge in [0.25, 0.3) is 3.25 Å². The fraction of sp³-hybridized carbons (Fsp3) is 1.00. The topological polar surface area (TPSA) is 0 Å². The van der Waals surface area contributed by atoms with Crippen molar-refractivity contribution < 1.29 is 0 Å². The molecule has 6 heteroatoms. The Morgan fingerprint density at radius 1 is 1.00 bits per heavy atom. The van der Waals surface area contributed by atoms with Crippen LogP contribution in [0.3, 0.4) is 0 Å². The fourth-order valence-electron chi connectivity index (χ4n) is 0. The summed E-state index contributed by atoms with van der Waals surface area (Å²) >= 11 is 29.4. The van der Waals surface area contributed by atoms with Crippen LogP contribution in [0.25, 0.3) is 0 Å². The summed E-state index contributed by atoms with van der Waals surface area (Å²) in [5.41, 5.74) is 0. The Morgan fingerprint density at radius 3 is 1.00 bits per heavy atom. The minimum absolute atomic E-state index is 0.222. The molecule has 0 nitrogen and oxygen atoms in total. The predicted octanol–water partition coefficient (Wildman–Crippen LogP) is 4.36. The van der Waals surface area contributed by atoms with E-state index in [0.29, 0.717) is 0 Å². The summed E-state index contributed by atoms with van der Waals surface area (Å²) < 4.78 is -1.61. The molecule has 0 aromatic carbocycles. The molecule has 0 saturated heterocycles. The van der Waals surface area contributed by atoms with Gasteiger partial charge in [-0.2, -0.15) is 0 Å². The molecular formula is C3H4Cl6. The van der Waals surface area contributed by atoms with Crippen LogP contribution in [-0.4, -0.2) is 8.09 Å². The predicted molar refractivity (Wildman–Crippen MR) is 47.3 cm³/mol. The van der Waals surface area contributed by atoms with E-state index in [2.05, 4.69) is 0 Å². The highest BCUT2D eigenvalue weighted by Gasteiger charge is 2.11. The molecule has 0 aliphatic rings. The van der Waals surface area contributed by atoms with E-state index >= 15 is 0 Å². The van der Waals surface area contributed by atoms with E-state index in [1.54, 1.807) is 6.92 Å². The molecule has 0 spiro atoms. The normalized spacial score (nSPS) is 10.7. The van der Waals surface area contributed by atoms with Crippen LogP contribution < -0.4 is 0 Å². The minimum atomic E-state index is -1.61. The van der Waals surface area contributed by atoms with Crippen molar-refractivity contribution >= 4 is 69.6 Å². The monoisotopic (exact) mass is 250 g/mol. The van der Waals surface area contributed by atoms with Crippen molar-refractivity contribution in [2.24, 2.45) is 0 Å². The molecule has 0 bridgehead atoms. The molecule has 0 saturated carbocycles. The van der Waals surface area contributed by atoms with Gasteiger partial charge in [-0.15, -0.1) is 23.2 Å². The van der Waals surface area contributed by atoms with E-state index in [-0.39, 0.29) is 4.84 Å². The maximum absolute atomic E-state index is 5.04. The molecule has 0 atom stereocenters. The second-order valence-electron chi connectivity index (χ2n) is 0.947. The zero-order valence-electron chi connectivity index (χ0n) is 4.35. The van der Waals surface area contributed by atoms with Crippen LogP contribution in [0.2, 0.25) is 0 Å². The van der Waals surface area contributed by atoms with Crippen molar-refractivity contribution in [2.45, 2.75) is 15.0 Å². The van der Waals surface area contributed by atoms with Crippen molar-refractivity contribution in [2.75, 3.05) is 0 Å². The number of rotatable bonds is 0. The first-order valence-electron chi connectivity index (χ1n) is 1.77. The van der Waals surface area contributed by atoms with Crippen LogP contribution in [0.15, 0.2) is 0 Å². The number of alkyl halides is 6. The van der Waals surface area contributed by atoms with Crippen molar-refractivity contribution in [3.8, 4) is 0 Å². The van der Waals surface area contributed by atoms with Crippen LogP contribution in [0, 0.1) is 0 Å². The summed E-state index contributed by atoms with van der Waals surface area (Å²) in [6, 6.07) is 0. The summed E-state index contributed by atoms with van der Waals surface area (Å²) in [4.78, 5) is -0.222. The lowest BCUT2D eigenvalue weighted by molar-refractivity contribution is 1.39. The average Bonchev–Trinajstić information content (AvgIpc) is 1.19. The summed E-state index contributed by atoms with van der Waals surface area (Å²) in [5.74, 6) is 0. The molecule has 0 aliphatic carbocycles. The van der Waals surface area contributed by atoms with Crippen molar-refractivity contribution in [1.29, 1.82) is 0 Å². The van der Waals surface area contributed by atoms with Gasteiger partial charge in [0.1, 0.15) is 4.84 Å². The van der Waals surface area contributed by atoms with E-state index in [9.17, 15) is 0 Å². The molecule has 0 fully saturated rings. The first-order valence-corrected chi connectivity index (χ1v) is 4.15. The third kappa shape index (κ3) is 193. The lowest BCUT2D eigenvalue weighted by Crippen LogP contribution is -1.81. The van der Waals surface area contributed by atoms with Crippen molar-refractivity contribution in [3.05, 3.63) is 0 Å². The average molecular weight is 253 g/mol. The van der Waals surface area contributed by atoms with E-state index in [1.807, 2.05) is 0 Å². The standard InChI is InChI=1S/C2H4Cl2.CCl4/c1-2(3)4;2-1(3,4)5/h2H,1H3;. The SMILES string of the molecule is CC(Cl)Cl.ClC(Cl)(Cl)Cl. The van der Waals surface area contributed by atoms with Crippen LogP contribution in [0.4, 0.5) is 0 Å². The fourth-order valence-corrected chi connectivity index (χ4v) is 0. The molecule has 0 unspecified atom stereocenters. The van der Waals surface area contributed by atoms with Gasteiger partial charge in [-0.1, -0.05) is 46.4 Å². The molecule has 0 amide bonds. The van der Waals surface area contributed by atoms with Crippen LogP contribution in [0.5, 0.6) is 0 Å². The molecule has 0 aromatic rings. The van der Waals surface area contributed by atoms with Gasteiger partial charge < -0.3 is 0 Å². The molecule has 0 radical (unpaired) electrons. The molecule has 0 aliphatic heterocycles. The van der Waals surface area contributed by atoms with Gasteiger partial charge in [0.2, 0.25) is 0 Å². The Bertz CT molecular complexity index is 45.1. The zero-order chi connectivity index (χ0) is 8.08. The Balaban J connectivity index is 0. The smallest absolute Gasteiger partial charge is 0.106 e. The molecule has 0 N–H and O–H groups in total. The highest BCUT2D eigenvalue weighted by atomic mass is 35.6. The second kappa shape index (κ2) is 6.45. The van der Waals surface area contributed by atoms with Crippen molar-refractivity contribution in [3.63, 3.8) is 0 Å². The zero-order valence-corrected chi connectivity index (χ0v) is 8.88. The molecular weight excluding hydrogens is 249 g/mol. The second-order valence-corrected chi connectivity index (χ2v) is 5.91. The third-order valence-electron chi connectivity index (χ3n) is 0. The number of hydrogen-bond donors (Lipinski definition) is 0. The first kappa shape index (κ1) is 13.3. The van der Waals surface area contributed by atoms with Crippen LogP contribution >= 0.6 is 69.6 Å². The highest BCUT2D eigenvalue weighted by molar-refractivity contribution is 6.83. The van der Waals surface area contributed by atoms with Gasteiger partial charge in [0.05, 0.1) is 0 Å². The van der Waals surface area contributed by atoms with Gasteiger partial charge in [-0.3, -0.25) is 0 Å². The molecule has 0 rings (SSSR count). The Kier molecular flexibility index (Phi) is 9.56. The summed E-state index contributed by atoms with van der Waals surface area (Å²) in [6.45, 7) is 1.70. The van der Waals surface area contributed by atoms with Gasteiger partial charge in [-0.25, -0.2) is 0 Å². The highest BCUT2D eigenvalue weighted by Crippen LogP contribution is 2.29. The van der Waals surface area contributed by atoms with E-state index in [0.717, 1.165) is 0 Å². The quantitative estimate of drug-likeness (QED) is 0.562. The third-order valence-corrected chi connectivity index (χ3v) is 0. The molecule has 58 valence electrons. The van der Waals surface area contributed by atoms with E-state index in [4.69, 9.17) is 69.6 Å². The van der Waals surface area contributed by atoms with Crippen molar-refractivity contribution in [1.82, 2.24) is 0 Å². The number of halogens is 6. The van der Waals surface area contributed by atoms with E-state index in [1.165, 1.54) is 0 Å². The Labute approximate surface area is 84.3 Å².